The standard InChI is InChI=1S/C11H20N2O/c1-8(2)6-11(14)13-10-5-4-9(7-10)12-3/h6,9-10,12H,4-5,7H2,1-3H3,(H,13,14). The van der Waals surface area contributed by atoms with Gasteiger partial charge in [-0.15, -0.1) is 0 Å². The van der Waals surface area contributed by atoms with Crippen molar-refractivity contribution in [2.45, 2.75) is 45.2 Å². The molecule has 0 aromatic rings. The fraction of sp³-hybridized carbons (Fsp3) is 0.727. The van der Waals surface area contributed by atoms with Gasteiger partial charge in [-0.05, 0) is 40.2 Å². The lowest BCUT2D eigenvalue weighted by Gasteiger charge is -2.11. The van der Waals surface area contributed by atoms with E-state index in [9.17, 15) is 4.79 Å². The van der Waals surface area contributed by atoms with E-state index in [-0.39, 0.29) is 5.91 Å². The second-order valence-corrected chi connectivity index (χ2v) is 4.23. The van der Waals surface area contributed by atoms with Crippen molar-refractivity contribution in [2.24, 2.45) is 0 Å². The van der Waals surface area contributed by atoms with E-state index in [0.29, 0.717) is 12.1 Å². The van der Waals surface area contributed by atoms with Crippen LogP contribution in [0.3, 0.4) is 0 Å². The Labute approximate surface area is 86.0 Å². The number of allylic oxidation sites excluding steroid dienone is 1. The zero-order valence-electron chi connectivity index (χ0n) is 9.26. The maximum atomic E-state index is 11.4. The van der Waals surface area contributed by atoms with Crippen molar-refractivity contribution in [3.8, 4) is 0 Å². The van der Waals surface area contributed by atoms with Crippen molar-refractivity contribution in [1.82, 2.24) is 10.6 Å². The monoisotopic (exact) mass is 196 g/mol. The predicted octanol–water partition coefficient (Wildman–Crippen LogP) is 1.21. The SMILES string of the molecule is CNC1CCC(NC(=O)C=C(C)C)C1. The summed E-state index contributed by atoms with van der Waals surface area (Å²) in [5.41, 5.74) is 1.05. The van der Waals surface area contributed by atoms with Crippen LogP contribution in [0, 0.1) is 0 Å². The average molecular weight is 196 g/mol. The van der Waals surface area contributed by atoms with Crippen molar-refractivity contribution < 1.29 is 4.79 Å². The zero-order valence-corrected chi connectivity index (χ0v) is 9.26. The van der Waals surface area contributed by atoms with Gasteiger partial charge in [-0.1, -0.05) is 5.57 Å². The van der Waals surface area contributed by atoms with E-state index in [0.717, 1.165) is 24.8 Å². The first-order valence-electron chi connectivity index (χ1n) is 5.24. The summed E-state index contributed by atoms with van der Waals surface area (Å²) >= 11 is 0. The lowest BCUT2D eigenvalue weighted by atomic mass is 10.2. The van der Waals surface area contributed by atoms with Crippen LogP contribution in [0.2, 0.25) is 0 Å². The van der Waals surface area contributed by atoms with E-state index >= 15 is 0 Å². The predicted molar refractivity (Wildman–Crippen MR) is 58.1 cm³/mol. The second kappa shape index (κ2) is 5.15. The highest BCUT2D eigenvalue weighted by Gasteiger charge is 2.23. The highest BCUT2D eigenvalue weighted by Crippen LogP contribution is 2.18. The first-order valence-corrected chi connectivity index (χ1v) is 5.24. The molecule has 1 aliphatic carbocycles. The third kappa shape index (κ3) is 3.50. The molecule has 0 aromatic carbocycles. The fourth-order valence-corrected chi connectivity index (χ4v) is 1.88. The molecule has 0 spiro atoms. The van der Waals surface area contributed by atoms with Crippen molar-refractivity contribution in [2.75, 3.05) is 7.05 Å². The Hall–Kier alpha value is -0.830. The third-order valence-corrected chi connectivity index (χ3v) is 2.61. The maximum absolute atomic E-state index is 11.4. The molecular formula is C11H20N2O. The highest BCUT2D eigenvalue weighted by molar-refractivity contribution is 5.88. The molecular weight excluding hydrogens is 176 g/mol. The fourth-order valence-electron chi connectivity index (χ4n) is 1.88. The van der Waals surface area contributed by atoms with Crippen LogP contribution >= 0.6 is 0 Å². The molecule has 3 nitrogen and oxygen atoms in total. The number of carbonyl (C=O) groups is 1. The number of carbonyl (C=O) groups excluding carboxylic acids is 1. The van der Waals surface area contributed by atoms with Crippen LogP contribution in [-0.4, -0.2) is 25.0 Å². The van der Waals surface area contributed by atoms with E-state index in [1.807, 2.05) is 20.9 Å². The van der Waals surface area contributed by atoms with Crippen LogP contribution < -0.4 is 10.6 Å². The van der Waals surface area contributed by atoms with Gasteiger partial charge in [0.25, 0.3) is 0 Å². The van der Waals surface area contributed by atoms with Crippen LogP contribution in [0.25, 0.3) is 0 Å². The van der Waals surface area contributed by atoms with E-state index in [2.05, 4.69) is 10.6 Å². The van der Waals surface area contributed by atoms with Gasteiger partial charge < -0.3 is 10.6 Å². The van der Waals surface area contributed by atoms with Crippen molar-refractivity contribution >= 4 is 5.91 Å². The average Bonchev–Trinajstić information content (AvgIpc) is 2.50. The maximum Gasteiger partial charge on any atom is 0.244 e. The largest absolute Gasteiger partial charge is 0.350 e. The van der Waals surface area contributed by atoms with Gasteiger partial charge in [-0.25, -0.2) is 0 Å². The summed E-state index contributed by atoms with van der Waals surface area (Å²) in [4.78, 5) is 11.4. The summed E-state index contributed by atoms with van der Waals surface area (Å²) in [7, 11) is 1.98. The third-order valence-electron chi connectivity index (χ3n) is 2.61. The molecule has 1 aliphatic rings. The minimum Gasteiger partial charge on any atom is -0.350 e. The van der Waals surface area contributed by atoms with Gasteiger partial charge in [-0.3, -0.25) is 4.79 Å². The number of amides is 1. The summed E-state index contributed by atoms with van der Waals surface area (Å²) in [5, 5.41) is 6.26. The molecule has 2 N–H and O–H groups in total. The minimum atomic E-state index is 0.0479. The van der Waals surface area contributed by atoms with Gasteiger partial charge in [0.15, 0.2) is 0 Å². The molecule has 2 atom stereocenters. The molecule has 0 aliphatic heterocycles. The summed E-state index contributed by atoms with van der Waals surface area (Å²) in [5.74, 6) is 0.0479. The first-order chi connectivity index (χ1) is 6.61. The lowest BCUT2D eigenvalue weighted by molar-refractivity contribution is -0.117. The summed E-state index contributed by atoms with van der Waals surface area (Å²) in [6, 6.07) is 0.933. The summed E-state index contributed by atoms with van der Waals surface area (Å²) in [6.45, 7) is 3.87. The van der Waals surface area contributed by atoms with Crippen LogP contribution in [-0.2, 0) is 4.79 Å². The molecule has 1 amide bonds. The van der Waals surface area contributed by atoms with Gasteiger partial charge in [0.2, 0.25) is 5.91 Å². The Morgan fingerprint density at radius 3 is 2.43 bits per heavy atom. The van der Waals surface area contributed by atoms with Gasteiger partial charge in [0.05, 0.1) is 0 Å². The molecule has 0 radical (unpaired) electrons. The Balaban J connectivity index is 2.32. The Kier molecular flexibility index (Phi) is 4.14. The quantitative estimate of drug-likeness (QED) is 0.666. The molecule has 14 heavy (non-hydrogen) atoms. The van der Waals surface area contributed by atoms with Crippen molar-refractivity contribution in [3.05, 3.63) is 11.6 Å². The highest BCUT2D eigenvalue weighted by atomic mass is 16.1. The molecule has 2 unspecified atom stereocenters. The number of nitrogens with one attached hydrogen (secondary N) is 2. The number of rotatable bonds is 3. The Morgan fingerprint density at radius 1 is 1.29 bits per heavy atom. The van der Waals surface area contributed by atoms with Crippen LogP contribution in [0.15, 0.2) is 11.6 Å². The van der Waals surface area contributed by atoms with E-state index in [1.54, 1.807) is 6.08 Å². The number of hydrogen-bond acceptors (Lipinski definition) is 2. The van der Waals surface area contributed by atoms with Gasteiger partial charge in [-0.2, -0.15) is 0 Å². The topological polar surface area (TPSA) is 41.1 Å². The molecule has 1 rings (SSSR count). The van der Waals surface area contributed by atoms with Gasteiger partial charge >= 0.3 is 0 Å². The lowest BCUT2D eigenvalue weighted by Crippen LogP contribution is -2.33. The Bertz CT molecular complexity index is 231. The molecule has 0 bridgehead atoms. The normalized spacial score (nSPS) is 25.9. The van der Waals surface area contributed by atoms with E-state index in [4.69, 9.17) is 0 Å². The molecule has 3 heteroatoms. The van der Waals surface area contributed by atoms with Gasteiger partial charge in [0.1, 0.15) is 0 Å². The summed E-state index contributed by atoms with van der Waals surface area (Å²) in [6.07, 6.45) is 4.97. The van der Waals surface area contributed by atoms with Crippen LogP contribution in [0.1, 0.15) is 33.1 Å². The molecule has 0 heterocycles. The smallest absolute Gasteiger partial charge is 0.244 e. The minimum absolute atomic E-state index is 0.0479. The van der Waals surface area contributed by atoms with Gasteiger partial charge in [0, 0.05) is 18.2 Å². The summed E-state index contributed by atoms with van der Waals surface area (Å²) < 4.78 is 0. The molecule has 1 fully saturated rings. The van der Waals surface area contributed by atoms with E-state index in [1.165, 1.54) is 0 Å². The van der Waals surface area contributed by atoms with E-state index < -0.39 is 0 Å². The number of hydrogen-bond donors (Lipinski definition) is 2. The second-order valence-electron chi connectivity index (χ2n) is 4.23. The molecule has 1 saturated carbocycles. The first kappa shape index (κ1) is 11.2. The van der Waals surface area contributed by atoms with Crippen LogP contribution in [0.5, 0.6) is 0 Å². The zero-order chi connectivity index (χ0) is 10.6. The van der Waals surface area contributed by atoms with Crippen molar-refractivity contribution in [3.63, 3.8) is 0 Å². The molecule has 0 aromatic heterocycles. The molecule has 80 valence electrons. The Morgan fingerprint density at radius 2 is 1.93 bits per heavy atom. The van der Waals surface area contributed by atoms with Crippen LogP contribution in [0.4, 0.5) is 0 Å². The van der Waals surface area contributed by atoms with Crippen molar-refractivity contribution in [1.29, 1.82) is 0 Å². The molecule has 0 saturated heterocycles.